The molecule has 2 atom stereocenters. The van der Waals surface area contributed by atoms with E-state index in [0.29, 0.717) is 24.3 Å². The lowest BCUT2D eigenvalue weighted by Crippen LogP contribution is -2.50. The van der Waals surface area contributed by atoms with Crippen LogP contribution in [0.1, 0.15) is 67.8 Å². The van der Waals surface area contributed by atoms with Crippen LogP contribution in [0.4, 0.5) is 4.39 Å². The molecule has 5 nitrogen and oxygen atoms in total. The topological polar surface area (TPSA) is 75.3 Å². The molecule has 1 fully saturated rings. The second-order valence-electron chi connectivity index (χ2n) is 9.38. The van der Waals surface area contributed by atoms with Crippen LogP contribution in [0, 0.1) is 11.7 Å². The number of allylic oxidation sites excluding steroid dienone is 1. The molecule has 0 spiro atoms. The van der Waals surface area contributed by atoms with E-state index in [1.54, 1.807) is 6.08 Å². The third kappa shape index (κ3) is 9.12. The van der Waals surface area contributed by atoms with Crippen molar-refractivity contribution < 1.29 is 18.8 Å². The monoisotopic (exact) mass is 478 g/mol. The fraction of sp³-hybridized carbons (Fsp3) is 0.414. The number of nitrogens with one attached hydrogen (secondary N) is 2. The molecule has 0 radical (unpaired) electrons. The van der Waals surface area contributed by atoms with Gasteiger partial charge in [0, 0.05) is 11.6 Å². The van der Waals surface area contributed by atoms with Crippen molar-refractivity contribution in [3.05, 3.63) is 83.7 Å². The first-order valence-electron chi connectivity index (χ1n) is 12.5. The summed E-state index contributed by atoms with van der Waals surface area (Å²) in [6.07, 6.45) is 10.7. The van der Waals surface area contributed by atoms with Crippen LogP contribution in [0.2, 0.25) is 0 Å². The van der Waals surface area contributed by atoms with Crippen LogP contribution >= 0.6 is 0 Å². The molecule has 6 heteroatoms. The van der Waals surface area contributed by atoms with E-state index in [2.05, 4.69) is 10.6 Å². The fourth-order valence-corrected chi connectivity index (χ4v) is 4.55. The molecule has 35 heavy (non-hydrogen) atoms. The van der Waals surface area contributed by atoms with Crippen LogP contribution in [-0.4, -0.2) is 29.7 Å². The van der Waals surface area contributed by atoms with Gasteiger partial charge in [-0.25, -0.2) is 4.39 Å². The molecule has 2 aromatic carbocycles. The maximum Gasteiger partial charge on any atom is 0.251 e. The Morgan fingerprint density at radius 1 is 0.971 bits per heavy atom. The zero-order chi connectivity index (χ0) is 25.0. The van der Waals surface area contributed by atoms with E-state index in [1.807, 2.05) is 30.3 Å². The van der Waals surface area contributed by atoms with Crippen LogP contribution in [0.15, 0.2) is 66.7 Å². The van der Waals surface area contributed by atoms with Crippen LogP contribution in [0.25, 0.3) is 0 Å². The van der Waals surface area contributed by atoms with Gasteiger partial charge in [0.05, 0.1) is 0 Å². The van der Waals surface area contributed by atoms with Crippen molar-refractivity contribution in [3.63, 3.8) is 0 Å². The normalized spacial score (nSPS) is 15.9. The minimum Gasteiger partial charge on any atom is -0.348 e. The van der Waals surface area contributed by atoms with E-state index >= 15 is 0 Å². The number of aryl methyl sites for hydroxylation is 1. The summed E-state index contributed by atoms with van der Waals surface area (Å²) in [5, 5.41) is 5.92. The number of carbonyl (C=O) groups is 3. The second-order valence-corrected chi connectivity index (χ2v) is 9.38. The summed E-state index contributed by atoms with van der Waals surface area (Å²) in [7, 11) is 0. The molecule has 1 aliphatic carbocycles. The van der Waals surface area contributed by atoms with E-state index in [1.165, 1.54) is 43.7 Å². The van der Waals surface area contributed by atoms with Crippen molar-refractivity contribution in [3.8, 4) is 0 Å². The van der Waals surface area contributed by atoms with E-state index in [0.717, 1.165) is 37.7 Å². The van der Waals surface area contributed by atoms with Crippen molar-refractivity contribution in [2.24, 2.45) is 5.92 Å². The summed E-state index contributed by atoms with van der Waals surface area (Å²) in [4.78, 5) is 37.8. The van der Waals surface area contributed by atoms with Crippen molar-refractivity contribution >= 4 is 17.6 Å². The minimum absolute atomic E-state index is 0.0904. The number of hydrogen-bond acceptors (Lipinski definition) is 3. The van der Waals surface area contributed by atoms with Gasteiger partial charge in [-0.15, -0.1) is 0 Å². The molecule has 0 heterocycles. The van der Waals surface area contributed by atoms with Crippen molar-refractivity contribution in [2.75, 3.05) is 0 Å². The average Bonchev–Trinajstić information content (AvgIpc) is 2.86. The largest absolute Gasteiger partial charge is 0.348 e. The van der Waals surface area contributed by atoms with Gasteiger partial charge in [0.25, 0.3) is 5.91 Å². The van der Waals surface area contributed by atoms with Crippen LogP contribution in [-0.2, 0) is 16.0 Å². The summed E-state index contributed by atoms with van der Waals surface area (Å²) in [5.41, 5.74) is 1.45. The molecule has 2 aromatic rings. The quantitative estimate of drug-likeness (QED) is 0.438. The van der Waals surface area contributed by atoms with Gasteiger partial charge >= 0.3 is 0 Å². The number of ketones is 1. The number of benzene rings is 2. The summed E-state index contributed by atoms with van der Waals surface area (Å²) >= 11 is 0. The number of rotatable bonds is 11. The molecule has 0 unspecified atom stereocenters. The number of halogens is 1. The van der Waals surface area contributed by atoms with Gasteiger partial charge in [-0.3, -0.25) is 14.4 Å². The van der Waals surface area contributed by atoms with Gasteiger partial charge in [0.1, 0.15) is 11.9 Å². The SMILES string of the molecule is CC(=O)/C=C/[C@H](CCc1ccccc1)NC(=O)[C@H](CC1CCCCC1)NC(=O)c1ccc(F)cc1. The molecular formula is C29H35FN2O3. The highest BCUT2D eigenvalue weighted by Crippen LogP contribution is 2.27. The molecule has 0 aliphatic heterocycles. The van der Waals surface area contributed by atoms with Gasteiger partial charge in [-0.1, -0.05) is 68.5 Å². The third-order valence-electron chi connectivity index (χ3n) is 6.50. The lowest BCUT2D eigenvalue weighted by Gasteiger charge is -2.28. The summed E-state index contributed by atoms with van der Waals surface area (Å²) in [6.45, 7) is 1.47. The Bertz CT molecular complexity index is 998. The lowest BCUT2D eigenvalue weighted by molar-refractivity contribution is -0.124. The van der Waals surface area contributed by atoms with Crippen LogP contribution in [0.3, 0.4) is 0 Å². The van der Waals surface area contributed by atoms with E-state index in [4.69, 9.17) is 0 Å². The van der Waals surface area contributed by atoms with E-state index in [-0.39, 0.29) is 17.7 Å². The summed E-state index contributed by atoms with van der Waals surface area (Å²) in [5.74, 6) is -0.814. The minimum atomic E-state index is -0.708. The van der Waals surface area contributed by atoms with Gasteiger partial charge < -0.3 is 10.6 Å². The first kappa shape index (κ1) is 26.3. The van der Waals surface area contributed by atoms with Crippen molar-refractivity contribution in [1.82, 2.24) is 10.6 Å². The fourth-order valence-electron chi connectivity index (χ4n) is 4.55. The number of hydrogen-bond donors (Lipinski definition) is 2. The molecule has 2 amide bonds. The predicted octanol–water partition coefficient (Wildman–Crippen LogP) is 5.16. The Morgan fingerprint density at radius 2 is 1.66 bits per heavy atom. The molecule has 1 saturated carbocycles. The number of carbonyl (C=O) groups excluding carboxylic acids is 3. The molecule has 1 aliphatic rings. The first-order chi connectivity index (χ1) is 16.9. The zero-order valence-corrected chi connectivity index (χ0v) is 20.3. The van der Waals surface area contributed by atoms with Crippen LogP contribution < -0.4 is 10.6 Å². The summed E-state index contributed by atoms with van der Waals surface area (Å²) < 4.78 is 13.3. The Kier molecular flexibility index (Phi) is 10.2. The van der Waals surface area contributed by atoms with Gasteiger partial charge in [-0.05, 0) is 68.0 Å². The van der Waals surface area contributed by atoms with Crippen LogP contribution in [0.5, 0.6) is 0 Å². The molecular weight excluding hydrogens is 443 g/mol. The molecule has 0 aromatic heterocycles. The standard InChI is InChI=1S/C29H35FN2O3/c1-21(33)12-18-26(19-13-22-8-4-2-5-9-22)31-29(35)27(20-23-10-6-3-7-11-23)32-28(34)24-14-16-25(30)17-15-24/h2,4-5,8-9,12,14-18,23,26-27H,3,6-7,10-11,13,19-20H2,1H3,(H,31,35)(H,32,34)/b18-12+/t26-,27+/m1/s1. The highest BCUT2D eigenvalue weighted by Gasteiger charge is 2.27. The van der Waals surface area contributed by atoms with Gasteiger partial charge in [0.15, 0.2) is 5.78 Å². The highest BCUT2D eigenvalue weighted by molar-refractivity contribution is 5.97. The van der Waals surface area contributed by atoms with Crippen molar-refractivity contribution in [2.45, 2.75) is 70.4 Å². The molecule has 0 bridgehead atoms. The Labute approximate surface area is 207 Å². The molecule has 0 saturated heterocycles. The van der Waals surface area contributed by atoms with E-state index < -0.39 is 17.8 Å². The number of amides is 2. The maximum absolute atomic E-state index is 13.4. The Balaban J connectivity index is 1.72. The molecule has 2 N–H and O–H groups in total. The molecule has 3 rings (SSSR count). The Hall–Kier alpha value is -3.28. The van der Waals surface area contributed by atoms with Gasteiger partial charge in [0.2, 0.25) is 5.91 Å². The lowest BCUT2D eigenvalue weighted by atomic mass is 9.84. The third-order valence-corrected chi connectivity index (χ3v) is 6.50. The van der Waals surface area contributed by atoms with Gasteiger partial charge in [-0.2, -0.15) is 0 Å². The Morgan fingerprint density at radius 3 is 2.31 bits per heavy atom. The van der Waals surface area contributed by atoms with E-state index in [9.17, 15) is 18.8 Å². The highest BCUT2D eigenvalue weighted by atomic mass is 19.1. The smallest absolute Gasteiger partial charge is 0.251 e. The first-order valence-corrected chi connectivity index (χ1v) is 12.5. The average molecular weight is 479 g/mol. The van der Waals surface area contributed by atoms with Crippen molar-refractivity contribution in [1.29, 1.82) is 0 Å². The second kappa shape index (κ2) is 13.6. The maximum atomic E-state index is 13.4. The summed E-state index contributed by atoms with van der Waals surface area (Å²) in [6, 6.07) is 14.2. The zero-order valence-electron chi connectivity index (χ0n) is 20.3. The molecule has 186 valence electrons. The predicted molar refractivity (Wildman–Crippen MR) is 135 cm³/mol.